The molecule has 1 aliphatic heterocycles. The first-order valence-corrected chi connectivity index (χ1v) is 8.61. The van der Waals surface area contributed by atoms with Crippen LogP contribution in [0, 0.1) is 0 Å². The molecule has 0 unspecified atom stereocenters. The third-order valence-electron chi connectivity index (χ3n) is 5.12. The molecule has 1 aromatic heterocycles. The number of hydrogen-bond donors (Lipinski definition) is 1. The molecule has 7 heteroatoms. The summed E-state index contributed by atoms with van der Waals surface area (Å²) in [6, 6.07) is 3.62. The van der Waals surface area contributed by atoms with Gasteiger partial charge in [0.15, 0.2) is 5.82 Å². The molecule has 134 valence electrons. The van der Waals surface area contributed by atoms with E-state index >= 15 is 0 Å². The van der Waals surface area contributed by atoms with E-state index in [2.05, 4.69) is 15.0 Å². The summed E-state index contributed by atoms with van der Waals surface area (Å²) in [4.78, 5) is 6.67. The number of nitrogens with zero attached hydrogens (tertiary/aromatic N) is 3. The van der Waals surface area contributed by atoms with Crippen LogP contribution in [0.25, 0.3) is 0 Å². The van der Waals surface area contributed by atoms with Gasteiger partial charge in [-0.25, -0.2) is 0 Å². The van der Waals surface area contributed by atoms with Crippen molar-refractivity contribution in [1.82, 2.24) is 15.0 Å². The van der Waals surface area contributed by atoms with Crippen molar-refractivity contribution in [1.29, 1.82) is 0 Å². The van der Waals surface area contributed by atoms with E-state index in [-0.39, 0.29) is 6.04 Å². The Morgan fingerprint density at radius 3 is 2.64 bits per heavy atom. The molecular weight excluding hydrogens is 322 g/mol. The van der Waals surface area contributed by atoms with E-state index in [0.717, 1.165) is 35.5 Å². The van der Waals surface area contributed by atoms with E-state index in [1.54, 1.807) is 14.2 Å². The Morgan fingerprint density at radius 2 is 1.96 bits per heavy atom. The van der Waals surface area contributed by atoms with Gasteiger partial charge in [0.25, 0.3) is 0 Å². The van der Waals surface area contributed by atoms with Crippen molar-refractivity contribution in [3.8, 4) is 11.5 Å². The van der Waals surface area contributed by atoms with E-state index in [9.17, 15) is 5.11 Å². The van der Waals surface area contributed by atoms with Gasteiger partial charge in [-0.3, -0.25) is 4.90 Å². The molecule has 2 atom stereocenters. The summed E-state index contributed by atoms with van der Waals surface area (Å²) in [5.41, 5.74) is 1.74. The Balaban J connectivity index is 1.63. The van der Waals surface area contributed by atoms with Gasteiger partial charge in [0.1, 0.15) is 11.5 Å². The molecule has 0 saturated heterocycles. The van der Waals surface area contributed by atoms with Crippen molar-refractivity contribution in [2.45, 2.75) is 44.4 Å². The van der Waals surface area contributed by atoms with Crippen LogP contribution in [-0.4, -0.2) is 40.9 Å². The van der Waals surface area contributed by atoms with Gasteiger partial charge in [0.2, 0.25) is 5.89 Å². The number of aromatic nitrogens is 2. The van der Waals surface area contributed by atoms with Crippen molar-refractivity contribution >= 4 is 0 Å². The Morgan fingerprint density at radius 1 is 1.24 bits per heavy atom. The number of benzene rings is 1. The van der Waals surface area contributed by atoms with Gasteiger partial charge in [-0.2, -0.15) is 4.98 Å². The quantitative estimate of drug-likeness (QED) is 0.892. The molecule has 7 nitrogen and oxygen atoms in total. The van der Waals surface area contributed by atoms with Gasteiger partial charge in [-0.1, -0.05) is 5.16 Å². The monoisotopic (exact) mass is 345 g/mol. The van der Waals surface area contributed by atoms with Crippen LogP contribution < -0.4 is 9.47 Å². The van der Waals surface area contributed by atoms with Crippen LogP contribution in [0.15, 0.2) is 16.7 Å². The first-order chi connectivity index (χ1) is 12.1. The van der Waals surface area contributed by atoms with Crippen molar-refractivity contribution in [2.75, 3.05) is 20.8 Å². The highest BCUT2D eigenvalue weighted by molar-refractivity contribution is 5.51. The van der Waals surface area contributed by atoms with Crippen LogP contribution >= 0.6 is 0 Å². The highest BCUT2D eigenvalue weighted by Crippen LogP contribution is 2.42. The molecule has 1 aromatic carbocycles. The van der Waals surface area contributed by atoms with E-state index in [1.807, 2.05) is 19.1 Å². The molecule has 0 amide bonds. The number of aliphatic hydroxyl groups is 1. The topological polar surface area (TPSA) is 80.9 Å². The predicted molar refractivity (Wildman–Crippen MR) is 89.6 cm³/mol. The molecular formula is C18H23N3O4. The van der Waals surface area contributed by atoms with Crippen LogP contribution in [0.5, 0.6) is 11.5 Å². The predicted octanol–water partition coefficient (Wildman–Crippen LogP) is 2.57. The highest BCUT2D eigenvalue weighted by Gasteiger charge is 2.35. The molecule has 2 aliphatic rings. The Hall–Kier alpha value is -2.12. The second kappa shape index (κ2) is 6.31. The Labute approximate surface area is 146 Å². The lowest BCUT2D eigenvalue weighted by molar-refractivity contribution is 0.0567. The van der Waals surface area contributed by atoms with E-state index < -0.39 is 6.10 Å². The Bertz CT molecular complexity index is 772. The standard InChI is InChI=1S/C18H23N3O4/c1-10(18-19-17(20-25-18)11-4-5-11)21-8-12-14(23-2)6-7-15(24-3)16(12)13(22)9-21/h6-7,10-11,13,22H,4-5,8-9H2,1-3H3/t10-,13+/m1/s1. The van der Waals surface area contributed by atoms with Crippen molar-refractivity contribution < 1.29 is 19.1 Å². The lowest BCUT2D eigenvalue weighted by Crippen LogP contribution is -2.36. The molecule has 0 radical (unpaired) electrons. The van der Waals surface area contributed by atoms with Crippen LogP contribution in [0.2, 0.25) is 0 Å². The lowest BCUT2D eigenvalue weighted by atomic mass is 9.94. The normalized spacial score (nSPS) is 21.7. The molecule has 1 aliphatic carbocycles. The maximum absolute atomic E-state index is 10.7. The molecule has 1 N–H and O–H groups in total. The zero-order valence-electron chi connectivity index (χ0n) is 14.7. The SMILES string of the molecule is COc1ccc(OC)c2c1CN([C@H](C)c1nc(C3CC3)no1)C[C@@H]2O. The average molecular weight is 345 g/mol. The van der Waals surface area contributed by atoms with Gasteiger partial charge in [0.05, 0.1) is 26.4 Å². The summed E-state index contributed by atoms with van der Waals surface area (Å²) < 4.78 is 16.4. The molecule has 25 heavy (non-hydrogen) atoms. The number of ether oxygens (including phenoxy) is 2. The molecule has 4 rings (SSSR count). The summed E-state index contributed by atoms with van der Waals surface area (Å²) in [6.45, 7) is 3.11. The van der Waals surface area contributed by atoms with Gasteiger partial charge < -0.3 is 19.1 Å². The lowest BCUT2D eigenvalue weighted by Gasteiger charge is -2.36. The second-order valence-electron chi connectivity index (χ2n) is 6.75. The minimum absolute atomic E-state index is 0.0845. The molecule has 1 saturated carbocycles. The minimum Gasteiger partial charge on any atom is -0.496 e. The van der Waals surface area contributed by atoms with Gasteiger partial charge in [0, 0.05) is 30.1 Å². The molecule has 2 aromatic rings. The number of β-amino-alcohol motifs (C(OH)–C–C–N with tert-alkyl or cyclic N) is 1. The van der Waals surface area contributed by atoms with E-state index in [0.29, 0.717) is 30.6 Å². The number of methoxy groups -OCH3 is 2. The smallest absolute Gasteiger partial charge is 0.243 e. The minimum atomic E-state index is -0.665. The maximum Gasteiger partial charge on any atom is 0.243 e. The third kappa shape index (κ3) is 2.87. The number of rotatable bonds is 5. The fourth-order valence-electron chi connectivity index (χ4n) is 3.48. The summed E-state index contributed by atoms with van der Waals surface area (Å²) >= 11 is 0. The highest BCUT2D eigenvalue weighted by atomic mass is 16.5. The van der Waals surface area contributed by atoms with Crippen LogP contribution in [0.4, 0.5) is 0 Å². The molecule has 1 fully saturated rings. The van der Waals surface area contributed by atoms with Crippen LogP contribution in [-0.2, 0) is 6.54 Å². The van der Waals surface area contributed by atoms with E-state index in [4.69, 9.17) is 14.0 Å². The largest absolute Gasteiger partial charge is 0.496 e. The zero-order valence-corrected chi connectivity index (χ0v) is 14.7. The van der Waals surface area contributed by atoms with Crippen LogP contribution in [0.1, 0.15) is 60.7 Å². The number of fused-ring (bicyclic) bond motifs is 1. The van der Waals surface area contributed by atoms with Crippen molar-refractivity contribution in [3.05, 3.63) is 35.0 Å². The van der Waals surface area contributed by atoms with Gasteiger partial charge in [-0.15, -0.1) is 0 Å². The maximum atomic E-state index is 10.7. The second-order valence-corrected chi connectivity index (χ2v) is 6.75. The first kappa shape index (κ1) is 16.4. The number of hydrogen-bond acceptors (Lipinski definition) is 7. The summed E-state index contributed by atoms with van der Waals surface area (Å²) in [5, 5.41) is 14.8. The summed E-state index contributed by atoms with van der Waals surface area (Å²) in [7, 11) is 3.25. The van der Waals surface area contributed by atoms with Gasteiger partial charge in [-0.05, 0) is 31.9 Å². The summed E-state index contributed by atoms with van der Waals surface area (Å²) in [6.07, 6.45) is 1.61. The Kier molecular flexibility index (Phi) is 4.13. The molecule has 0 bridgehead atoms. The van der Waals surface area contributed by atoms with Crippen LogP contribution in [0.3, 0.4) is 0 Å². The van der Waals surface area contributed by atoms with E-state index in [1.165, 1.54) is 0 Å². The molecule has 2 heterocycles. The zero-order chi connectivity index (χ0) is 17.6. The average Bonchev–Trinajstić information content (AvgIpc) is 3.37. The van der Waals surface area contributed by atoms with Gasteiger partial charge >= 0.3 is 0 Å². The summed E-state index contributed by atoms with van der Waals surface area (Å²) in [5.74, 6) is 3.29. The van der Waals surface area contributed by atoms with Crippen molar-refractivity contribution in [2.24, 2.45) is 0 Å². The van der Waals surface area contributed by atoms with Crippen molar-refractivity contribution in [3.63, 3.8) is 0 Å². The fourth-order valence-corrected chi connectivity index (χ4v) is 3.48. The molecule has 0 spiro atoms. The fraction of sp³-hybridized carbons (Fsp3) is 0.556. The first-order valence-electron chi connectivity index (χ1n) is 8.61. The number of aliphatic hydroxyl groups excluding tert-OH is 1. The third-order valence-corrected chi connectivity index (χ3v) is 5.12.